The second kappa shape index (κ2) is 13.0. The van der Waals surface area contributed by atoms with E-state index < -0.39 is 20.0 Å². The lowest BCUT2D eigenvalue weighted by Crippen LogP contribution is -2.31. The lowest BCUT2D eigenvalue weighted by atomic mass is 10.1. The van der Waals surface area contributed by atoms with Crippen molar-refractivity contribution < 1.29 is 16.8 Å². The fraction of sp³-hybridized carbons (Fsp3) is 0.211. The van der Waals surface area contributed by atoms with E-state index in [1.54, 1.807) is 69.4 Å². The van der Waals surface area contributed by atoms with Gasteiger partial charge in [0, 0.05) is 24.2 Å². The van der Waals surface area contributed by atoms with E-state index in [1.165, 1.54) is 0 Å². The van der Waals surface area contributed by atoms with Crippen molar-refractivity contribution in [1.82, 2.24) is 28.5 Å². The van der Waals surface area contributed by atoms with Crippen LogP contribution in [0.1, 0.15) is 60.5 Å². The molecule has 12 heteroatoms. The standard InChI is InChI=1S/C38H34N6O4S2/c45-49(46,30-9-3-1-4-10-30)43-23-7-13-35(43)37-39-26-34(42-37)29-20-17-27(18-21-29)15-16-28-19-22-32-33(25-28)41-38(40-32)36-14-8-24-44(36)50(47,48)31-11-5-2-6-12-31/h1-6,9-12,17-22,25-26,35-36H,7-8,13-14,23-24H2,(H,39,42)(H,40,41)/t35-,36-/m0/s1. The highest BCUT2D eigenvalue weighted by Crippen LogP contribution is 2.37. The van der Waals surface area contributed by atoms with Gasteiger partial charge in [-0.3, -0.25) is 0 Å². The Labute approximate surface area is 291 Å². The van der Waals surface area contributed by atoms with Gasteiger partial charge in [0.25, 0.3) is 0 Å². The number of hydrogen-bond donors (Lipinski definition) is 2. The zero-order chi connectivity index (χ0) is 34.3. The summed E-state index contributed by atoms with van der Waals surface area (Å²) in [6, 6.07) is 29.9. The monoisotopic (exact) mass is 702 g/mol. The fourth-order valence-corrected chi connectivity index (χ4v) is 10.2. The van der Waals surface area contributed by atoms with Crippen LogP contribution in [0.15, 0.2) is 119 Å². The largest absolute Gasteiger partial charge is 0.341 e. The van der Waals surface area contributed by atoms with Gasteiger partial charge in [-0.25, -0.2) is 26.8 Å². The summed E-state index contributed by atoms with van der Waals surface area (Å²) in [4.78, 5) is 16.6. The molecule has 2 aromatic heterocycles. The predicted octanol–water partition coefficient (Wildman–Crippen LogP) is 6.40. The van der Waals surface area contributed by atoms with Crippen LogP contribution in [0.25, 0.3) is 22.3 Å². The average molecular weight is 703 g/mol. The Morgan fingerprint density at radius 3 is 1.82 bits per heavy atom. The van der Waals surface area contributed by atoms with Gasteiger partial charge in [-0.15, -0.1) is 0 Å². The Hall–Kier alpha value is -5.06. The molecule has 2 fully saturated rings. The van der Waals surface area contributed by atoms with Crippen LogP contribution in [0.4, 0.5) is 0 Å². The van der Waals surface area contributed by atoms with E-state index in [0.29, 0.717) is 37.6 Å². The first-order valence-corrected chi connectivity index (χ1v) is 19.5. The van der Waals surface area contributed by atoms with Crippen LogP contribution in [0, 0.1) is 11.8 Å². The van der Waals surface area contributed by atoms with Crippen molar-refractivity contribution in [2.45, 2.75) is 47.6 Å². The highest BCUT2D eigenvalue weighted by atomic mass is 32.2. The van der Waals surface area contributed by atoms with Gasteiger partial charge >= 0.3 is 0 Å². The number of rotatable bonds is 7. The zero-order valence-electron chi connectivity index (χ0n) is 27.0. The minimum absolute atomic E-state index is 0.287. The number of benzene rings is 4. The maximum Gasteiger partial charge on any atom is 0.243 e. The molecular weight excluding hydrogens is 669 g/mol. The lowest BCUT2D eigenvalue weighted by Gasteiger charge is -2.22. The fourth-order valence-electron chi connectivity index (χ4n) is 6.85. The molecule has 2 aliphatic heterocycles. The maximum atomic E-state index is 13.4. The van der Waals surface area contributed by atoms with Crippen LogP contribution in [0.5, 0.6) is 0 Å². The molecule has 2 atom stereocenters. The van der Waals surface area contributed by atoms with Gasteiger partial charge in [0.2, 0.25) is 20.0 Å². The summed E-state index contributed by atoms with van der Waals surface area (Å²) in [7, 11) is -7.27. The molecule has 2 N–H and O–H groups in total. The van der Waals surface area contributed by atoms with Crippen molar-refractivity contribution in [3.05, 3.63) is 132 Å². The molecule has 252 valence electrons. The summed E-state index contributed by atoms with van der Waals surface area (Å²) in [5.41, 5.74) is 4.94. The van der Waals surface area contributed by atoms with E-state index in [9.17, 15) is 16.8 Å². The number of aromatic amines is 2. The van der Waals surface area contributed by atoms with Crippen molar-refractivity contribution in [3.63, 3.8) is 0 Å². The van der Waals surface area contributed by atoms with Gasteiger partial charge in [0.15, 0.2) is 0 Å². The topological polar surface area (TPSA) is 132 Å². The molecule has 2 saturated heterocycles. The number of imidazole rings is 2. The molecule has 2 aliphatic rings. The third-order valence-electron chi connectivity index (χ3n) is 9.38. The highest BCUT2D eigenvalue weighted by molar-refractivity contribution is 7.89. The number of H-pyrrole nitrogens is 2. The molecule has 0 saturated carbocycles. The van der Waals surface area contributed by atoms with Gasteiger partial charge in [-0.05, 0) is 85.8 Å². The van der Waals surface area contributed by atoms with Gasteiger partial charge in [-0.1, -0.05) is 60.4 Å². The normalized spacial score (nSPS) is 18.7. The number of fused-ring (bicyclic) bond motifs is 1. The number of sulfonamides is 2. The summed E-state index contributed by atoms with van der Waals surface area (Å²) in [6.07, 6.45) is 4.69. The van der Waals surface area contributed by atoms with E-state index in [1.807, 2.05) is 48.5 Å². The zero-order valence-corrected chi connectivity index (χ0v) is 28.7. The Morgan fingerprint density at radius 2 is 1.20 bits per heavy atom. The van der Waals surface area contributed by atoms with E-state index in [4.69, 9.17) is 4.98 Å². The van der Waals surface area contributed by atoms with Crippen LogP contribution in [-0.2, 0) is 20.0 Å². The van der Waals surface area contributed by atoms with Gasteiger partial charge in [0.05, 0.1) is 44.8 Å². The molecule has 4 aromatic carbocycles. The molecule has 0 aliphatic carbocycles. The summed E-state index contributed by atoms with van der Waals surface area (Å²) in [6.45, 7) is 0.909. The van der Waals surface area contributed by atoms with Gasteiger partial charge in [0.1, 0.15) is 11.6 Å². The summed E-state index contributed by atoms with van der Waals surface area (Å²) in [5, 5.41) is 0. The third kappa shape index (κ3) is 6.03. The van der Waals surface area contributed by atoms with Crippen LogP contribution in [-0.4, -0.2) is 58.5 Å². The SMILES string of the molecule is O=S(=O)(c1ccccc1)N1CCC[C@H]1c1ncc(-c2ccc(C#Cc3ccc4nc([C@@H]5CCCN5S(=O)(=O)c5ccccc5)[nH]c4c3)cc2)[nH]1. The molecular formula is C38H34N6O4S2. The van der Waals surface area contributed by atoms with Gasteiger partial charge in [-0.2, -0.15) is 8.61 Å². The lowest BCUT2D eigenvalue weighted by molar-refractivity contribution is 0.385. The molecule has 0 unspecified atom stereocenters. The Kier molecular flexibility index (Phi) is 8.36. The smallest absolute Gasteiger partial charge is 0.243 e. The van der Waals surface area contributed by atoms with E-state index in [0.717, 1.165) is 46.3 Å². The van der Waals surface area contributed by atoms with Crippen LogP contribution in [0.3, 0.4) is 0 Å². The first-order valence-electron chi connectivity index (χ1n) is 16.6. The third-order valence-corrected chi connectivity index (χ3v) is 13.2. The van der Waals surface area contributed by atoms with E-state index >= 15 is 0 Å². The van der Waals surface area contributed by atoms with Crippen molar-refractivity contribution in [2.75, 3.05) is 13.1 Å². The van der Waals surface area contributed by atoms with E-state index in [-0.39, 0.29) is 21.9 Å². The second-order valence-electron chi connectivity index (χ2n) is 12.5. The molecule has 0 radical (unpaired) electrons. The number of aromatic nitrogens is 4. The minimum atomic E-state index is -3.64. The molecule has 6 aromatic rings. The van der Waals surface area contributed by atoms with Gasteiger partial charge < -0.3 is 9.97 Å². The van der Waals surface area contributed by atoms with Crippen LogP contribution >= 0.6 is 0 Å². The quantitative estimate of drug-likeness (QED) is 0.185. The van der Waals surface area contributed by atoms with Crippen LogP contribution in [0.2, 0.25) is 0 Å². The first kappa shape index (κ1) is 32.2. The van der Waals surface area contributed by atoms with Crippen molar-refractivity contribution >= 4 is 31.1 Å². The summed E-state index contributed by atoms with van der Waals surface area (Å²) in [5.74, 6) is 7.73. The predicted molar refractivity (Wildman–Crippen MR) is 191 cm³/mol. The number of nitrogens with one attached hydrogen (secondary N) is 2. The summed E-state index contributed by atoms with van der Waals surface area (Å²) >= 11 is 0. The van der Waals surface area contributed by atoms with Crippen molar-refractivity contribution in [1.29, 1.82) is 0 Å². The first-order chi connectivity index (χ1) is 24.3. The van der Waals surface area contributed by atoms with Crippen molar-refractivity contribution in [2.24, 2.45) is 0 Å². The second-order valence-corrected chi connectivity index (χ2v) is 16.3. The number of hydrogen-bond acceptors (Lipinski definition) is 6. The maximum absolute atomic E-state index is 13.4. The molecule has 10 nitrogen and oxygen atoms in total. The molecule has 0 spiro atoms. The number of nitrogens with zero attached hydrogens (tertiary/aromatic N) is 4. The van der Waals surface area contributed by atoms with E-state index in [2.05, 4.69) is 26.8 Å². The molecule has 0 amide bonds. The Balaban J connectivity index is 0.969. The molecule has 0 bridgehead atoms. The van der Waals surface area contributed by atoms with Crippen molar-refractivity contribution in [3.8, 4) is 23.1 Å². The highest BCUT2D eigenvalue weighted by Gasteiger charge is 2.39. The molecule has 8 rings (SSSR count). The molecule has 50 heavy (non-hydrogen) atoms. The summed E-state index contributed by atoms with van der Waals surface area (Å²) < 4.78 is 56.6. The average Bonchev–Trinajstić information content (AvgIpc) is 3.98. The Morgan fingerprint density at radius 1 is 0.640 bits per heavy atom. The Bertz CT molecular complexity index is 2450. The minimum Gasteiger partial charge on any atom is -0.341 e. The van der Waals surface area contributed by atoms with Crippen LogP contribution < -0.4 is 0 Å². The molecule has 4 heterocycles.